The number of rotatable bonds is 4. The minimum Gasteiger partial charge on any atom is -0.378 e. The number of halogens is 5. The molecule has 0 unspecified atom stereocenters. The van der Waals surface area contributed by atoms with E-state index in [1.54, 1.807) is 0 Å². The lowest BCUT2D eigenvalue weighted by atomic mass is 10.0. The van der Waals surface area contributed by atoms with Crippen LogP contribution in [-0.4, -0.2) is 49.8 Å². The van der Waals surface area contributed by atoms with Crippen molar-refractivity contribution in [1.29, 1.82) is 0 Å². The van der Waals surface area contributed by atoms with E-state index in [4.69, 9.17) is 4.74 Å². The molecule has 1 aromatic rings. The van der Waals surface area contributed by atoms with Crippen LogP contribution in [0.4, 0.5) is 22.0 Å². The van der Waals surface area contributed by atoms with Crippen molar-refractivity contribution in [2.45, 2.75) is 12.2 Å². The normalized spacial score (nSPS) is 17.2. The SMILES string of the molecule is O=C(CN[C@H](c1c(F)cccc1F)C(F)(F)F)N1CCOCC1. The number of nitrogens with zero attached hydrogens (tertiary/aromatic N) is 1. The van der Waals surface area contributed by atoms with Gasteiger partial charge in [-0.15, -0.1) is 0 Å². The lowest BCUT2D eigenvalue weighted by Crippen LogP contribution is -2.47. The van der Waals surface area contributed by atoms with Crippen molar-refractivity contribution in [3.05, 3.63) is 35.4 Å². The summed E-state index contributed by atoms with van der Waals surface area (Å²) in [4.78, 5) is 13.2. The molecule has 128 valence electrons. The summed E-state index contributed by atoms with van der Waals surface area (Å²) in [7, 11) is 0. The predicted molar refractivity (Wildman–Crippen MR) is 70.6 cm³/mol. The molecule has 1 saturated heterocycles. The highest BCUT2D eigenvalue weighted by molar-refractivity contribution is 5.78. The number of carbonyl (C=O) groups is 1. The molecule has 2 rings (SSSR count). The average Bonchev–Trinajstić information content (AvgIpc) is 2.49. The largest absolute Gasteiger partial charge is 0.408 e. The van der Waals surface area contributed by atoms with E-state index in [1.165, 1.54) is 4.90 Å². The van der Waals surface area contributed by atoms with Crippen LogP contribution in [0.25, 0.3) is 0 Å². The molecule has 1 atom stereocenters. The maximum atomic E-state index is 13.6. The Kier molecular flexibility index (Phi) is 5.53. The first-order chi connectivity index (χ1) is 10.8. The van der Waals surface area contributed by atoms with Crippen LogP contribution in [0.1, 0.15) is 11.6 Å². The summed E-state index contributed by atoms with van der Waals surface area (Å²) in [5.41, 5.74) is -1.14. The number of nitrogens with one attached hydrogen (secondary N) is 1. The Bertz CT molecular complexity index is 538. The van der Waals surface area contributed by atoms with Gasteiger partial charge in [-0.2, -0.15) is 13.2 Å². The molecule has 1 aliphatic rings. The number of ether oxygens (including phenoxy) is 1. The Labute approximate surface area is 129 Å². The van der Waals surface area contributed by atoms with Gasteiger partial charge in [-0.05, 0) is 12.1 Å². The summed E-state index contributed by atoms with van der Waals surface area (Å²) >= 11 is 0. The van der Waals surface area contributed by atoms with E-state index in [-0.39, 0.29) is 13.1 Å². The maximum absolute atomic E-state index is 13.6. The first-order valence-electron chi connectivity index (χ1n) is 6.90. The van der Waals surface area contributed by atoms with E-state index in [0.29, 0.717) is 13.2 Å². The highest BCUT2D eigenvalue weighted by Gasteiger charge is 2.43. The van der Waals surface area contributed by atoms with E-state index < -0.39 is 41.9 Å². The van der Waals surface area contributed by atoms with Gasteiger partial charge in [0.15, 0.2) is 0 Å². The van der Waals surface area contributed by atoms with Crippen LogP contribution in [-0.2, 0) is 9.53 Å². The third-order valence-corrected chi connectivity index (χ3v) is 3.44. The van der Waals surface area contributed by atoms with Crippen LogP contribution in [0.5, 0.6) is 0 Å². The zero-order chi connectivity index (χ0) is 17.0. The molecule has 23 heavy (non-hydrogen) atoms. The number of amides is 1. The predicted octanol–water partition coefficient (Wildman–Crippen LogP) is 2.02. The lowest BCUT2D eigenvalue weighted by Gasteiger charge is -2.28. The molecule has 1 aromatic carbocycles. The van der Waals surface area contributed by atoms with Crippen molar-refractivity contribution in [3.8, 4) is 0 Å². The van der Waals surface area contributed by atoms with Gasteiger partial charge in [-0.25, -0.2) is 8.78 Å². The average molecular weight is 338 g/mol. The molecule has 0 radical (unpaired) electrons. The van der Waals surface area contributed by atoms with Crippen LogP contribution in [0.2, 0.25) is 0 Å². The monoisotopic (exact) mass is 338 g/mol. The van der Waals surface area contributed by atoms with Crippen LogP contribution >= 0.6 is 0 Å². The van der Waals surface area contributed by atoms with Crippen molar-refractivity contribution < 1.29 is 31.5 Å². The number of alkyl halides is 3. The summed E-state index contributed by atoms with van der Waals surface area (Å²) in [6.07, 6.45) is -4.95. The molecule has 4 nitrogen and oxygen atoms in total. The molecule has 0 aliphatic carbocycles. The maximum Gasteiger partial charge on any atom is 0.408 e. The number of carbonyl (C=O) groups excluding carboxylic acids is 1. The molecule has 9 heteroatoms. The van der Waals surface area contributed by atoms with Gasteiger partial charge in [0.2, 0.25) is 5.91 Å². The fourth-order valence-corrected chi connectivity index (χ4v) is 2.28. The Hall–Kier alpha value is -1.74. The van der Waals surface area contributed by atoms with Gasteiger partial charge in [0, 0.05) is 18.7 Å². The van der Waals surface area contributed by atoms with Crippen molar-refractivity contribution in [2.24, 2.45) is 0 Å². The van der Waals surface area contributed by atoms with Crippen LogP contribution in [0.3, 0.4) is 0 Å². The summed E-state index contributed by atoms with van der Waals surface area (Å²) in [6.45, 7) is 0.460. The van der Waals surface area contributed by atoms with Gasteiger partial charge < -0.3 is 9.64 Å². The van der Waals surface area contributed by atoms with Gasteiger partial charge >= 0.3 is 6.18 Å². The first kappa shape index (κ1) is 17.6. The zero-order valence-corrected chi connectivity index (χ0v) is 12.0. The topological polar surface area (TPSA) is 41.6 Å². The number of hydrogen-bond donors (Lipinski definition) is 1. The van der Waals surface area contributed by atoms with Crippen molar-refractivity contribution in [3.63, 3.8) is 0 Å². The summed E-state index contributed by atoms with van der Waals surface area (Å²) < 4.78 is 71.6. The molecular weight excluding hydrogens is 323 g/mol. The van der Waals surface area contributed by atoms with E-state index in [9.17, 15) is 26.7 Å². The molecule has 0 saturated carbocycles. The standard InChI is InChI=1S/C14H15F5N2O2/c15-9-2-1-3-10(16)12(9)13(14(17,18)19)20-8-11(22)21-4-6-23-7-5-21/h1-3,13,20H,4-8H2/t13-/m1/s1. The molecule has 0 bridgehead atoms. The Morgan fingerprint density at radius 3 is 2.30 bits per heavy atom. The van der Waals surface area contributed by atoms with Crippen molar-refractivity contribution >= 4 is 5.91 Å². The second-order valence-corrected chi connectivity index (χ2v) is 4.98. The number of morpholine rings is 1. The lowest BCUT2D eigenvalue weighted by molar-refractivity contribution is -0.160. The van der Waals surface area contributed by atoms with Gasteiger partial charge in [-0.1, -0.05) is 6.07 Å². The second-order valence-electron chi connectivity index (χ2n) is 4.98. The highest BCUT2D eigenvalue weighted by Crippen LogP contribution is 2.35. The molecule has 1 N–H and O–H groups in total. The Morgan fingerprint density at radius 1 is 1.22 bits per heavy atom. The Morgan fingerprint density at radius 2 is 1.78 bits per heavy atom. The molecule has 0 aromatic heterocycles. The molecular formula is C14H15F5N2O2. The van der Waals surface area contributed by atoms with Gasteiger partial charge in [0.25, 0.3) is 0 Å². The fraction of sp³-hybridized carbons (Fsp3) is 0.500. The minimum atomic E-state index is -4.95. The highest BCUT2D eigenvalue weighted by atomic mass is 19.4. The van der Waals surface area contributed by atoms with Gasteiger partial charge in [-0.3, -0.25) is 10.1 Å². The molecule has 1 heterocycles. The molecule has 0 spiro atoms. The quantitative estimate of drug-likeness (QED) is 0.854. The molecule has 1 fully saturated rings. The first-order valence-corrected chi connectivity index (χ1v) is 6.90. The summed E-state index contributed by atoms with van der Waals surface area (Å²) in [5.74, 6) is -3.23. The van der Waals surface area contributed by atoms with Gasteiger partial charge in [0.05, 0.1) is 19.8 Å². The fourth-order valence-electron chi connectivity index (χ4n) is 2.28. The van der Waals surface area contributed by atoms with Crippen LogP contribution < -0.4 is 5.32 Å². The number of benzene rings is 1. The smallest absolute Gasteiger partial charge is 0.378 e. The van der Waals surface area contributed by atoms with Crippen molar-refractivity contribution in [1.82, 2.24) is 10.2 Å². The second kappa shape index (κ2) is 7.22. The van der Waals surface area contributed by atoms with Crippen molar-refractivity contribution in [2.75, 3.05) is 32.8 Å². The van der Waals surface area contributed by atoms with E-state index in [0.717, 1.165) is 18.2 Å². The molecule has 1 aliphatic heterocycles. The van der Waals surface area contributed by atoms with Crippen LogP contribution in [0, 0.1) is 11.6 Å². The molecule has 1 amide bonds. The van der Waals surface area contributed by atoms with Gasteiger partial charge in [0.1, 0.15) is 17.7 Å². The Balaban J connectivity index is 2.12. The van der Waals surface area contributed by atoms with E-state index in [1.807, 2.05) is 5.32 Å². The minimum absolute atomic E-state index is 0.269. The van der Waals surface area contributed by atoms with Crippen LogP contribution in [0.15, 0.2) is 18.2 Å². The van der Waals surface area contributed by atoms with E-state index in [2.05, 4.69) is 0 Å². The third kappa shape index (κ3) is 4.38. The van der Waals surface area contributed by atoms with E-state index >= 15 is 0 Å². The number of hydrogen-bond acceptors (Lipinski definition) is 3. The summed E-state index contributed by atoms with van der Waals surface area (Å²) in [5, 5.41) is 1.92. The summed E-state index contributed by atoms with van der Waals surface area (Å²) in [6, 6.07) is -0.153. The third-order valence-electron chi connectivity index (χ3n) is 3.44. The zero-order valence-electron chi connectivity index (χ0n) is 12.0.